The van der Waals surface area contributed by atoms with Crippen LogP contribution >= 0.6 is 23.4 Å². The van der Waals surface area contributed by atoms with Gasteiger partial charge in [-0.25, -0.2) is 0 Å². The summed E-state index contributed by atoms with van der Waals surface area (Å²) in [6.45, 7) is 0. The van der Waals surface area contributed by atoms with Gasteiger partial charge in [-0.15, -0.1) is 11.8 Å². The summed E-state index contributed by atoms with van der Waals surface area (Å²) in [7, 11) is 1.63. The van der Waals surface area contributed by atoms with Crippen LogP contribution in [0.4, 0.5) is 5.69 Å². The van der Waals surface area contributed by atoms with Gasteiger partial charge in [0.15, 0.2) is 0 Å². The van der Waals surface area contributed by atoms with Crippen molar-refractivity contribution in [3.8, 4) is 0 Å². The number of hydrogen-bond acceptors (Lipinski definition) is 3. The predicted octanol–water partition coefficient (Wildman–Crippen LogP) is 3.01. The Morgan fingerprint density at radius 3 is 2.65 bits per heavy atom. The number of carbonyl (C=O) groups is 1. The highest BCUT2D eigenvalue weighted by Gasteiger charge is 2.08. The highest BCUT2D eigenvalue weighted by molar-refractivity contribution is 7.98. The Balaban J connectivity index is 2.21. The van der Waals surface area contributed by atoms with E-state index >= 15 is 0 Å². The average molecular weight is 309 g/mol. The van der Waals surface area contributed by atoms with Crippen LogP contribution in [0.15, 0.2) is 46.2 Å². The summed E-state index contributed by atoms with van der Waals surface area (Å²) in [4.78, 5) is 24.5. The number of halogens is 1. The molecule has 0 saturated heterocycles. The first-order valence-corrected chi connectivity index (χ1v) is 7.43. The SMILES string of the molecule is CSc1ccc(NC(=O)c2ccn(C)c(=O)c2)cc1Cl. The first-order valence-electron chi connectivity index (χ1n) is 5.83. The van der Waals surface area contributed by atoms with Crippen molar-refractivity contribution in [2.75, 3.05) is 11.6 Å². The predicted molar refractivity (Wildman–Crippen MR) is 82.9 cm³/mol. The molecule has 0 spiro atoms. The second-order valence-electron chi connectivity index (χ2n) is 4.17. The first-order chi connectivity index (χ1) is 9.51. The lowest BCUT2D eigenvalue weighted by Gasteiger charge is -2.08. The molecule has 1 N–H and O–H groups in total. The molecule has 0 aliphatic rings. The number of pyridine rings is 1. The topological polar surface area (TPSA) is 51.1 Å². The van der Waals surface area contributed by atoms with Gasteiger partial charge in [-0.3, -0.25) is 9.59 Å². The molecule has 0 saturated carbocycles. The Morgan fingerprint density at radius 2 is 2.05 bits per heavy atom. The maximum atomic E-state index is 12.0. The summed E-state index contributed by atoms with van der Waals surface area (Å²) in [5.74, 6) is -0.337. The molecule has 2 rings (SSSR count). The molecule has 1 heterocycles. The molecule has 0 aliphatic carbocycles. The van der Waals surface area contributed by atoms with Gasteiger partial charge >= 0.3 is 0 Å². The number of rotatable bonds is 3. The number of thioether (sulfide) groups is 1. The Labute approximate surface area is 125 Å². The van der Waals surface area contributed by atoms with Crippen molar-refractivity contribution in [2.45, 2.75) is 4.90 Å². The molecule has 1 amide bonds. The van der Waals surface area contributed by atoms with Crippen molar-refractivity contribution >= 4 is 35.0 Å². The third-order valence-corrected chi connectivity index (χ3v) is 4.00. The van der Waals surface area contributed by atoms with Gasteiger partial charge in [0.1, 0.15) is 0 Å². The molecular formula is C14H13ClN2O2S. The fourth-order valence-electron chi connectivity index (χ4n) is 1.64. The Hall–Kier alpha value is -1.72. The third kappa shape index (κ3) is 3.23. The largest absolute Gasteiger partial charge is 0.322 e. The van der Waals surface area contributed by atoms with Gasteiger partial charge in [0.25, 0.3) is 11.5 Å². The van der Waals surface area contributed by atoms with E-state index in [2.05, 4.69) is 5.32 Å². The number of amides is 1. The summed E-state index contributed by atoms with van der Waals surface area (Å²) in [5.41, 5.74) is 0.685. The fourth-order valence-corrected chi connectivity index (χ4v) is 2.51. The molecule has 1 aromatic carbocycles. The average Bonchev–Trinajstić information content (AvgIpc) is 2.42. The van der Waals surface area contributed by atoms with E-state index in [1.165, 1.54) is 22.4 Å². The zero-order chi connectivity index (χ0) is 14.7. The van der Waals surface area contributed by atoms with E-state index in [1.807, 2.05) is 12.3 Å². The number of nitrogens with one attached hydrogen (secondary N) is 1. The van der Waals surface area contributed by atoms with Gasteiger partial charge in [0.2, 0.25) is 0 Å². The summed E-state index contributed by atoms with van der Waals surface area (Å²) < 4.78 is 1.40. The third-order valence-electron chi connectivity index (χ3n) is 2.78. The zero-order valence-electron chi connectivity index (χ0n) is 11.0. The fraction of sp³-hybridized carbons (Fsp3) is 0.143. The van der Waals surface area contributed by atoms with E-state index in [1.54, 1.807) is 31.4 Å². The quantitative estimate of drug-likeness (QED) is 0.887. The van der Waals surface area contributed by atoms with Crippen molar-refractivity contribution < 1.29 is 4.79 Å². The van der Waals surface area contributed by atoms with Crippen LogP contribution in [0.3, 0.4) is 0 Å². The lowest BCUT2D eigenvalue weighted by atomic mass is 10.2. The maximum Gasteiger partial charge on any atom is 0.255 e. The van der Waals surface area contributed by atoms with Gasteiger partial charge in [-0.05, 0) is 30.5 Å². The molecule has 0 atom stereocenters. The maximum absolute atomic E-state index is 12.0. The van der Waals surface area contributed by atoms with Crippen LogP contribution in [0.25, 0.3) is 0 Å². The van der Waals surface area contributed by atoms with Crippen LogP contribution in [-0.2, 0) is 7.05 Å². The van der Waals surface area contributed by atoms with Crippen molar-refractivity contribution in [1.82, 2.24) is 4.57 Å². The van der Waals surface area contributed by atoms with Crippen LogP contribution in [0, 0.1) is 0 Å². The van der Waals surface area contributed by atoms with Crippen molar-refractivity contribution in [1.29, 1.82) is 0 Å². The molecule has 0 bridgehead atoms. The smallest absolute Gasteiger partial charge is 0.255 e. The lowest BCUT2D eigenvalue weighted by Crippen LogP contribution is -2.19. The molecule has 20 heavy (non-hydrogen) atoms. The molecule has 0 radical (unpaired) electrons. The van der Waals surface area contributed by atoms with Crippen LogP contribution in [0.1, 0.15) is 10.4 Å². The van der Waals surface area contributed by atoms with Crippen molar-refractivity contribution in [2.24, 2.45) is 7.05 Å². The van der Waals surface area contributed by atoms with E-state index < -0.39 is 0 Å². The summed E-state index contributed by atoms with van der Waals surface area (Å²) >= 11 is 7.61. The summed E-state index contributed by atoms with van der Waals surface area (Å²) in [5, 5.41) is 3.30. The highest BCUT2D eigenvalue weighted by Crippen LogP contribution is 2.28. The minimum absolute atomic E-state index is 0.228. The molecule has 6 heteroatoms. The number of carbonyl (C=O) groups excluding carboxylic acids is 1. The van der Waals surface area contributed by atoms with Gasteiger partial charge in [-0.2, -0.15) is 0 Å². The highest BCUT2D eigenvalue weighted by atomic mass is 35.5. The normalized spacial score (nSPS) is 10.3. The van der Waals surface area contributed by atoms with E-state index in [4.69, 9.17) is 11.6 Å². The number of aryl methyl sites for hydroxylation is 1. The molecule has 1 aromatic heterocycles. The second-order valence-corrected chi connectivity index (χ2v) is 5.42. The molecule has 0 fully saturated rings. The van der Waals surface area contributed by atoms with Gasteiger partial charge in [0.05, 0.1) is 5.02 Å². The number of nitrogens with zero attached hydrogens (tertiary/aromatic N) is 1. The van der Waals surface area contributed by atoms with E-state index in [0.29, 0.717) is 16.3 Å². The zero-order valence-corrected chi connectivity index (χ0v) is 12.6. The lowest BCUT2D eigenvalue weighted by molar-refractivity contribution is 0.102. The number of hydrogen-bond donors (Lipinski definition) is 1. The van der Waals surface area contributed by atoms with Crippen LogP contribution in [0.5, 0.6) is 0 Å². The summed E-state index contributed by atoms with van der Waals surface area (Å²) in [6, 6.07) is 8.19. The van der Waals surface area contributed by atoms with Crippen LogP contribution in [-0.4, -0.2) is 16.7 Å². The minimum atomic E-state index is -0.337. The molecular weight excluding hydrogens is 296 g/mol. The van der Waals surface area contributed by atoms with E-state index in [-0.39, 0.29) is 11.5 Å². The molecule has 0 aliphatic heterocycles. The Kier molecular flexibility index (Phi) is 4.52. The van der Waals surface area contributed by atoms with Gasteiger partial charge < -0.3 is 9.88 Å². The monoisotopic (exact) mass is 308 g/mol. The van der Waals surface area contributed by atoms with E-state index in [0.717, 1.165) is 4.90 Å². The Morgan fingerprint density at radius 1 is 1.30 bits per heavy atom. The second kappa shape index (κ2) is 6.15. The molecule has 0 unspecified atom stereocenters. The van der Waals surface area contributed by atoms with E-state index in [9.17, 15) is 9.59 Å². The van der Waals surface area contributed by atoms with Gasteiger partial charge in [0, 0.05) is 35.5 Å². The van der Waals surface area contributed by atoms with Crippen LogP contribution in [0.2, 0.25) is 5.02 Å². The first kappa shape index (κ1) is 14.7. The van der Waals surface area contributed by atoms with Crippen LogP contribution < -0.4 is 10.9 Å². The summed E-state index contributed by atoms with van der Waals surface area (Å²) in [6.07, 6.45) is 3.49. The van der Waals surface area contributed by atoms with Gasteiger partial charge in [-0.1, -0.05) is 11.6 Å². The number of benzene rings is 1. The number of anilines is 1. The molecule has 2 aromatic rings. The molecule has 4 nitrogen and oxygen atoms in total. The molecule has 104 valence electrons. The van der Waals surface area contributed by atoms with Crippen molar-refractivity contribution in [3.05, 3.63) is 57.5 Å². The number of aromatic nitrogens is 1. The standard InChI is InChI=1S/C14H13ClN2O2S/c1-17-6-5-9(7-13(17)18)14(19)16-10-3-4-12(20-2)11(15)8-10/h3-8H,1-2H3,(H,16,19). The Bertz CT molecular complexity index is 713. The minimum Gasteiger partial charge on any atom is -0.322 e. The van der Waals surface area contributed by atoms with Crippen molar-refractivity contribution in [3.63, 3.8) is 0 Å².